The molecule has 0 saturated carbocycles. The van der Waals surface area contributed by atoms with Crippen LogP contribution in [0.25, 0.3) is 10.9 Å². The molecule has 4 nitrogen and oxygen atoms in total. The second-order valence-electron chi connectivity index (χ2n) is 5.41. The Morgan fingerprint density at radius 1 is 1.00 bits per heavy atom. The molecule has 3 rings (SSSR count). The number of rotatable bonds is 2. The Balaban J connectivity index is 2.28. The summed E-state index contributed by atoms with van der Waals surface area (Å²) >= 11 is 0. The molecule has 116 valence electrons. The lowest BCUT2D eigenvalue weighted by atomic mass is 10.1. The van der Waals surface area contributed by atoms with Gasteiger partial charge in [-0.1, -0.05) is 36.4 Å². The minimum Gasteiger partial charge on any atom is -0.330 e. The number of hydrogen-bond acceptors (Lipinski definition) is 2. The van der Waals surface area contributed by atoms with Crippen molar-refractivity contribution >= 4 is 22.7 Å². The summed E-state index contributed by atoms with van der Waals surface area (Å²) < 4.78 is 15.3. The van der Waals surface area contributed by atoms with Crippen LogP contribution >= 0.6 is 0 Å². The third-order valence-electron chi connectivity index (χ3n) is 3.64. The van der Waals surface area contributed by atoms with Gasteiger partial charge in [0.2, 0.25) is 5.78 Å². The fraction of sp³-hybridized carbons (Fsp3) is 0.111. The SMILES string of the molecule is CN(C)C(=O)n1c(C(=O)c2ccccc2)cc2c(F)cccc21. The Bertz CT molecular complexity index is 898. The van der Waals surface area contributed by atoms with Gasteiger partial charge in [0.05, 0.1) is 11.2 Å². The molecule has 5 heteroatoms. The van der Waals surface area contributed by atoms with E-state index in [9.17, 15) is 14.0 Å². The van der Waals surface area contributed by atoms with E-state index in [1.165, 1.54) is 27.7 Å². The number of hydrogen-bond donors (Lipinski definition) is 0. The first-order valence-electron chi connectivity index (χ1n) is 7.12. The molecular weight excluding hydrogens is 295 g/mol. The number of nitrogens with zero attached hydrogens (tertiary/aromatic N) is 2. The van der Waals surface area contributed by atoms with Crippen molar-refractivity contribution in [3.63, 3.8) is 0 Å². The number of fused-ring (bicyclic) bond motifs is 1. The smallest absolute Gasteiger partial charge is 0.328 e. The number of carbonyl (C=O) groups is 2. The Hall–Kier alpha value is -2.95. The highest BCUT2D eigenvalue weighted by Gasteiger charge is 2.23. The third-order valence-corrected chi connectivity index (χ3v) is 3.64. The van der Waals surface area contributed by atoms with Gasteiger partial charge in [-0.05, 0) is 18.2 Å². The molecule has 1 aromatic heterocycles. The quantitative estimate of drug-likeness (QED) is 0.679. The zero-order chi connectivity index (χ0) is 16.6. The van der Waals surface area contributed by atoms with Crippen LogP contribution in [0.3, 0.4) is 0 Å². The summed E-state index contributed by atoms with van der Waals surface area (Å²) in [6, 6.07) is 14.1. The fourth-order valence-corrected chi connectivity index (χ4v) is 2.51. The molecule has 1 amide bonds. The van der Waals surface area contributed by atoms with E-state index < -0.39 is 11.8 Å². The lowest BCUT2D eigenvalue weighted by molar-refractivity contribution is 0.103. The van der Waals surface area contributed by atoms with E-state index in [0.29, 0.717) is 11.1 Å². The lowest BCUT2D eigenvalue weighted by Gasteiger charge is -2.14. The van der Waals surface area contributed by atoms with Crippen LogP contribution < -0.4 is 0 Å². The molecule has 0 fully saturated rings. The van der Waals surface area contributed by atoms with E-state index in [1.54, 1.807) is 50.5 Å². The van der Waals surface area contributed by atoms with Crippen LogP contribution in [-0.2, 0) is 0 Å². The highest BCUT2D eigenvalue weighted by molar-refractivity contribution is 6.13. The van der Waals surface area contributed by atoms with Crippen molar-refractivity contribution in [2.24, 2.45) is 0 Å². The van der Waals surface area contributed by atoms with Gasteiger partial charge in [-0.15, -0.1) is 0 Å². The van der Waals surface area contributed by atoms with E-state index in [4.69, 9.17) is 0 Å². The van der Waals surface area contributed by atoms with Gasteiger partial charge in [-0.3, -0.25) is 9.36 Å². The number of halogens is 1. The molecule has 2 aromatic carbocycles. The molecule has 0 N–H and O–H groups in total. The highest BCUT2D eigenvalue weighted by Crippen LogP contribution is 2.25. The summed E-state index contributed by atoms with van der Waals surface area (Å²) in [5, 5.41) is 0.252. The second kappa shape index (κ2) is 5.68. The third kappa shape index (κ3) is 2.50. The zero-order valence-electron chi connectivity index (χ0n) is 12.8. The lowest BCUT2D eigenvalue weighted by Crippen LogP contribution is -2.29. The summed E-state index contributed by atoms with van der Waals surface area (Å²) in [5.41, 5.74) is 0.974. The maximum absolute atomic E-state index is 14.1. The monoisotopic (exact) mass is 310 g/mol. The van der Waals surface area contributed by atoms with Gasteiger partial charge in [0, 0.05) is 25.0 Å². The predicted octanol–water partition coefficient (Wildman–Crippen LogP) is 3.54. The van der Waals surface area contributed by atoms with Gasteiger partial charge in [0.1, 0.15) is 5.82 Å². The number of aromatic nitrogens is 1. The topological polar surface area (TPSA) is 42.3 Å². The van der Waals surface area contributed by atoms with Crippen molar-refractivity contribution in [1.82, 2.24) is 9.47 Å². The average molecular weight is 310 g/mol. The van der Waals surface area contributed by atoms with Gasteiger partial charge in [0.15, 0.2) is 0 Å². The van der Waals surface area contributed by atoms with Crippen molar-refractivity contribution in [2.45, 2.75) is 0 Å². The summed E-state index contributed by atoms with van der Waals surface area (Å²) in [5.74, 6) is -0.786. The molecule has 0 aliphatic heterocycles. The number of ketones is 1. The molecule has 3 aromatic rings. The van der Waals surface area contributed by atoms with E-state index in [0.717, 1.165) is 0 Å². The van der Waals surface area contributed by atoms with Crippen LogP contribution in [0, 0.1) is 5.82 Å². The first kappa shape index (κ1) is 15.0. The molecule has 1 heterocycles. The fourth-order valence-electron chi connectivity index (χ4n) is 2.51. The zero-order valence-corrected chi connectivity index (χ0v) is 12.8. The van der Waals surface area contributed by atoms with Crippen molar-refractivity contribution in [3.05, 3.63) is 71.7 Å². The maximum Gasteiger partial charge on any atom is 0.328 e. The van der Waals surface area contributed by atoms with Crippen molar-refractivity contribution < 1.29 is 14.0 Å². The minimum absolute atomic E-state index is 0.148. The molecule has 0 saturated heterocycles. The predicted molar refractivity (Wildman–Crippen MR) is 86.3 cm³/mol. The van der Waals surface area contributed by atoms with E-state index in [2.05, 4.69) is 0 Å². The average Bonchev–Trinajstić information content (AvgIpc) is 2.95. The van der Waals surface area contributed by atoms with Crippen molar-refractivity contribution in [1.29, 1.82) is 0 Å². The van der Waals surface area contributed by atoms with E-state index in [-0.39, 0.29) is 16.9 Å². The minimum atomic E-state index is -0.463. The normalized spacial score (nSPS) is 10.7. The number of benzene rings is 2. The van der Waals surface area contributed by atoms with Gasteiger partial charge in [-0.2, -0.15) is 0 Å². The summed E-state index contributed by atoms with van der Waals surface area (Å²) in [6.07, 6.45) is 0. The van der Waals surface area contributed by atoms with Gasteiger partial charge in [-0.25, -0.2) is 9.18 Å². The van der Waals surface area contributed by atoms with Gasteiger partial charge < -0.3 is 4.90 Å². The number of carbonyl (C=O) groups excluding carboxylic acids is 2. The largest absolute Gasteiger partial charge is 0.330 e. The standard InChI is InChI=1S/C18H15FN2O2/c1-20(2)18(23)21-15-10-6-9-14(19)13(15)11-16(21)17(22)12-7-4-3-5-8-12/h3-11H,1-2H3. The Kier molecular flexibility index (Phi) is 3.70. The maximum atomic E-state index is 14.1. The number of amides is 1. The summed E-state index contributed by atoms with van der Waals surface area (Å²) in [6.45, 7) is 0. The molecular formula is C18H15FN2O2. The molecule has 0 atom stereocenters. The van der Waals surface area contributed by atoms with Crippen LogP contribution in [0.5, 0.6) is 0 Å². The molecule has 23 heavy (non-hydrogen) atoms. The van der Waals surface area contributed by atoms with Crippen LogP contribution in [0.15, 0.2) is 54.6 Å². The van der Waals surface area contributed by atoms with E-state index >= 15 is 0 Å². The van der Waals surface area contributed by atoms with Gasteiger partial charge >= 0.3 is 6.03 Å². The Morgan fingerprint density at radius 3 is 2.35 bits per heavy atom. The van der Waals surface area contributed by atoms with Gasteiger partial charge in [0.25, 0.3) is 0 Å². The van der Waals surface area contributed by atoms with E-state index in [1.807, 2.05) is 0 Å². The Labute approximate surface area is 132 Å². The molecule has 0 aliphatic carbocycles. The Morgan fingerprint density at radius 2 is 1.70 bits per heavy atom. The highest BCUT2D eigenvalue weighted by atomic mass is 19.1. The first-order chi connectivity index (χ1) is 11.0. The molecule has 0 unspecified atom stereocenters. The van der Waals surface area contributed by atoms with Crippen LogP contribution in [-0.4, -0.2) is 35.4 Å². The first-order valence-corrected chi connectivity index (χ1v) is 7.12. The molecule has 0 aliphatic rings. The van der Waals surface area contributed by atoms with Crippen LogP contribution in [0.1, 0.15) is 16.1 Å². The van der Waals surface area contributed by atoms with Crippen LogP contribution in [0.2, 0.25) is 0 Å². The van der Waals surface area contributed by atoms with Crippen molar-refractivity contribution in [3.8, 4) is 0 Å². The summed E-state index contributed by atoms with van der Waals surface area (Å²) in [4.78, 5) is 26.6. The second-order valence-corrected chi connectivity index (χ2v) is 5.41. The molecule has 0 radical (unpaired) electrons. The van der Waals surface area contributed by atoms with Crippen LogP contribution in [0.4, 0.5) is 9.18 Å². The summed E-state index contributed by atoms with van der Waals surface area (Å²) in [7, 11) is 3.18. The van der Waals surface area contributed by atoms with Crippen molar-refractivity contribution in [2.75, 3.05) is 14.1 Å². The molecule has 0 bridgehead atoms. The molecule has 0 spiro atoms.